The summed E-state index contributed by atoms with van der Waals surface area (Å²) in [7, 11) is 0. The largest absolute Gasteiger partial charge is 0.394 e. The molecule has 2 atom stereocenters. The number of hydrogen-bond donors (Lipinski definition) is 1. The van der Waals surface area contributed by atoms with Gasteiger partial charge in [-0.05, 0) is 36.8 Å². The van der Waals surface area contributed by atoms with Crippen LogP contribution in [-0.4, -0.2) is 53.7 Å². The zero-order chi connectivity index (χ0) is 14.7. The van der Waals surface area contributed by atoms with Gasteiger partial charge in [0.1, 0.15) is 0 Å². The van der Waals surface area contributed by atoms with Gasteiger partial charge in [-0.25, -0.2) is 0 Å². The Morgan fingerprint density at radius 3 is 2.65 bits per heavy atom. The minimum Gasteiger partial charge on any atom is -0.394 e. The summed E-state index contributed by atoms with van der Waals surface area (Å²) in [5, 5.41) is 12.0. The molecule has 1 fully saturated rings. The van der Waals surface area contributed by atoms with Crippen LogP contribution < -0.4 is 0 Å². The van der Waals surface area contributed by atoms with E-state index in [4.69, 9.17) is 0 Å². The van der Waals surface area contributed by atoms with Crippen LogP contribution in [0.2, 0.25) is 0 Å². The summed E-state index contributed by atoms with van der Waals surface area (Å²) < 4.78 is 0. The van der Waals surface area contributed by atoms with Crippen LogP contribution >= 0.6 is 11.3 Å². The van der Waals surface area contributed by atoms with Crippen LogP contribution in [0.3, 0.4) is 0 Å². The molecule has 1 aliphatic heterocycles. The maximum atomic E-state index is 9.86. The second-order valence-corrected chi connectivity index (χ2v) is 7.35. The van der Waals surface area contributed by atoms with Gasteiger partial charge in [-0.2, -0.15) is 0 Å². The Hall–Kier alpha value is -0.420. The molecular weight excluding hydrogens is 268 g/mol. The number of rotatable bonds is 5. The summed E-state index contributed by atoms with van der Waals surface area (Å²) in [5.41, 5.74) is 1.31. The summed E-state index contributed by atoms with van der Waals surface area (Å²) >= 11 is 1.77. The number of hydrogen-bond acceptors (Lipinski definition) is 4. The van der Waals surface area contributed by atoms with E-state index >= 15 is 0 Å². The molecule has 4 heteroatoms. The van der Waals surface area contributed by atoms with E-state index in [-0.39, 0.29) is 12.6 Å². The monoisotopic (exact) mass is 296 g/mol. The molecular formula is C16H28N2OS. The van der Waals surface area contributed by atoms with Gasteiger partial charge in [0.15, 0.2) is 0 Å². The van der Waals surface area contributed by atoms with Gasteiger partial charge in [0.05, 0.1) is 12.6 Å². The summed E-state index contributed by atoms with van der Waals surface area (Å²) in [6.07, 6.45) is 0. The quantitative estimate of drug-likeness (QED) is 0.905. The van der Waals surface area contributed by atoms with Gasteiger partial charge in [0.2, 0.25) is 0 Å². The molecule has 114 valence electrons. The molecule has 2 unspecified atom stereocenters. The van der Waals surface area contributed by atoms with Gasteiger partial charge in [-0.15, -0.1) is 11.3 Å². The Morgan fingerprint density at radius 2 is 2.15 bits per heavy atom. The zero-order valence-electron chi connectivity index (χ0n) is 13.2. The van der Waals surface area contributed by atoms with Crippen LogP contribution in [0.1, 0.15) is 37.3 Å². The first-order chi connectivity index (χ1) is 9.52. The normalized spacial score (nSPS) is 23.4. The molecule has 0 bridgehead atoms. The Morgan fingerprint density at radius 1 is 1.40 bits per heavy atom. The minimum absolute atomic E-state index is 0.172. The van der Waals surface area contributed by atoms with Crippen LogP contribution in [0.4, 0.5) is 0 Å². The Kier molecular flexibility index (Phi) is 5.61. The van der Waals surface area contributed by atoms with Crippen molar-refractivity contribution in [3.8, 4) is 0 Å². The zero-order valence-corrected chi connectivity index (χ0v) is 14.0. The number of piperazine rings is 1. The first-order valence-electron chi connectivity index (χ1n) is 7.65. The fourth-order valence-electron chi connectivity index (χ4n) is 3.26. The SMILES string of the molecule is Cc1ccsc1C(CO)N1CCN(CC(C)C)CC1C. The van der Waals surface area contributed by atoms with Crippen LogP contribution in [0.5, 0.6) is 0 Å². The van der Waals surface area contributed by atoms with Crippen molar-refractivity contribution in [3.63, 3.8) is 0 Å². The average molecular weight is 296 g/mol. The molecule has 0 aliphatic carbocycles. The third-order valence-electron chi connectivity index (χ3n) is 4.16. The lowest BCUT2D eigenvalue weighted by atomic mass is 10.1. The molecule has 2 heterocycles. The van der Waals surface area contributed by atoms with E-state index in [1.54, 1.807) is 11.3 Å². The number of nitrogens with zero attached hydrogens (tertiary/aromatic N) is 2. The van der Waals surface area contributed by atoms with Crippen molar-refractivity contribution < 1.29 is 5.11 Å². The van der Waals surface area contributed by atoms with Gasteiger partial charge >= 0.3 is 0 Å². The van der Waals surface area contributed by atoms with E-state index in [1.807, 2.05) is 0 Å². The van der Waals surface area contributed by atoms with Gasteiger partial charge in [-0.1, -0.05) is 13.8 Å². The summed E-state index contributed by atoms with van der Waals surface area (Å²) in [4.78, 5) is 6.37. The molecule has 1 saturated heterocycles. The van der Waals surface area contributed by atoms with Crippen LogP contribution in [-0.2, 0) is 0 Å². The molecule has 3 nitrogen and oxygen atoms in total. The van der Waals surface area contributed by atoms with Gasteiger partial charge < -0.3 is 10.0 Å². The van der Waals surface area contributed by atoms with Crippen molar-refractivity contribution >= 4 is 11.3 Å². The standard InChI is InChI=1S/C16H28N2OS/c1-12(2)9-17-6-7-18(14(4)10-17)15(11-19)16-13(3)5-8-20-16/h5,8,12,14-15,19H,6-7,9-11H2,1-4H3. The van der Waals surface area contributed by atoms with Crippen LogP contribution in [0.15, 0.2) is 11.4 Å². The molecule has 0 radical (unpaired) electrons. The predicted octanol–water partition coefficient (Wildman–Crippen LogP) is 2.75. The lowest BCUT2D eigenvalue weighted by Gasteiger charge is -2.44. The lowest BCUT2D eigenvalue weighted by Crippen LogP contribution is -2.54. The summed E-state index contributed by atoms with van der Waals surface area (Å²) in [5.74, 6) is 0.724. The number of aryl methyl sites for hydroxylation is 1. The number of aliphatic hydroxyl groups is 1. The van der Waals surface area contributed by atoms with E-state index in [1.165, 1.54) is 17.0 Å². The van der Waals surface area contributed by atoms with Gasteiger partial charge in [0, 0.05) is 37.1 Å². The van der Waals surface area contributed by atoms with E-state index in [0.717, 1.165) is 25.6 Å². The van der Waals surface area contributed by atoms with Gasteiger partial charge in [0.25, 0.3) is 0 Å². The highest BCUT2D eigenvalue weighted by atomic mass is 32.1. The van der Waals surface area contributed by atoms with Crippen molar-refractivity contribution in [2.24, 2.45) is 5.92 Å². The maximum absolute atomic E-state index is 9.86. The van der Waals surface area contributed by atoms with Crippen molar-refractivity contribution in [1.29, 1.82) is 0 Å². The molecule has 1 aromatic rings. The second-order valence-electron chi connectivity index (χ2n) is 6.41. The van der Waals surface area contributed by atoms with Crippen LogP contribution in [0, 0.1) is 12.8 Å². The van der Waals surface area contributed by atoms with Crippen molar-refractivity contribution in [3.05, 3.63) is 21.9 Å². The fraction of sp³-hybridized carbons (Fsp3) is 0.750. The van der Waals surface area contributed by atoms with Crippen LogP contribution in [0.25, 0.3) is 0 Å². The fourth-order valence-corrected chi connectivity index (χ4v) is 4.30. The second kappa shape index (κ2) is 7.03. The smallest absolute Gasteiger partial charge is 0.0680 e. The molecule has 0 spiro atoms. The molecule has 0 amide bonds. The van der Waals surface area contributed by atoms with E-state index in [0.29, 0.717) is 6.04 Å². The highest BCUT2D eigenvalue weighted by Gasteiger charge is 2.31. The maximum Gasteiger partial charge on any atom is 0.0680 e. The predicted molar refractivity (Wildman–Crippen MR) is 86.3 cm³/mol. The molecule has 2 rings (SSSR count). The van der Waals surface area contributed by atoms with Crippen molar-refractivity contribution in [1.82, 2.24) is 9.80 Å². The Bertz CT molecular complexity index is 418. The number of aliphatic hydroxyl groups excluding tert-OH is 1. The molecule has 1 aromatic heterocycles. The van der Waals surface area contributed by atoms with E-state index < -0.39 is 0 Å². The molecule has 20 heavy (non-hydrogen) atoms. The average Bonchev–Trinajstić information content (AvgIpc) is 2.78. The summed E-state index contributed by atoms with van der Waals surface area (Å²) in [6, 6.07) is 2.83. The Balaban J connectivity index is 2.04. The van der Waals surface area contributed by atoms with Crippen molar-refractivity contribution in [2.45, 2.75) is 39.8 Å². The molecule has 1 aliphatic rings. The topological polar surface area (TPSA) is 26.7 Å². The van der Waals surface area contributed by atoms with E-state index in [2.05, 4.69) is 48.9 Å². The first kappa shape index (κ1) is 16.0. The Labute approximate surface area is 127 Å². The van der Waals surface area contributed by atoms with E-state index in [9.17, 15) is 5.11 Å². The first-order valence-corrected chi connectivity index (χ1v) is 8.53. The third-order valence-corrected chi connectivity index (χ3v) is 5.28. The molecule has 1 N–H and O–H groups in total. The van der Waals surface area contributed by atoms with Crippen molar-refractivity contribution in [2.75, 3.05) is 32.8 Å². The third kappa shape index (κ3) is 3.61. The number of thiophene rings is 1. The molecule has 0 saturated carbocycles. The minimum atomic E-state index is 0.172. The molecule has 0 aromatic carbocycles. The highest BCUT2D eigenvalue weighted by molar-refractivity contribution is 7.10. The summed E-state index contributed by atoms with van der Waals surface area (Å²) in [6.45, 7) is 13.7. The lowest BCUT2D eigenvalue weighted by molar-refractivity contribution is 0.0226. The highest BCUT2D eigenvalue weighted by Crippen LogP contribution is 2.31. The van der Waals surface area contributed by atoms with Gasteiger partial charge in [-0.3, -0.25) is 4.90 Å².